The largest absolute Gasteiger partial charge is 0.0761 e. The highest BCUT2D eigenvalue weighted by Crippen LogP contribution is 2.55. The van der Waals surface area contributed by atoms with Crippen molar-refractivity contribution >= 4 is 11.6 Å². The van der Waals surface area contributed by atoms with Crippen LogP contribution in [0.2, 0.25) is 0 Å². The topological polar surface area (TPSA) is 0 Å². The molecule has 1 aromatic rings. The lowest BCUT2D eigenvalue weighted by Gasteiger charge is -2.48. The van der Waals surface area contributed by atoms with Crippen molar-refractivity contribution in [1.82, 2.24) is 0 Å². The highest BCUT2D eigenvalue weighted by molar-refractivity contribution is 5.80. The Morgan fingerprint density at radius 2 is 1.79 bits per heavy atom. The maximum Gasteiger partial charge on any atom is 0.00502 e. The first-order chi connectivity index (χ1) is 13.4. The predicted octanol–water partition coefficient (Wildman–Crippen LogP) is 8.02. The molecule has 3 atom stereocenters. The summed E-state index contributed by atoms with van der Waals surface area (Å²) in [6.45, 7) is 9.70. The first-order valence-electron chi connectivity index (χ1n) is 11.6. The fourth-order valence-electron chi connectivity index (χ4n) is 7.09. The number of hydrogen-bond donors (Lipinski definition) is 0. The molecule has 0 heterocycles. The summed E-state index contributed by atoms with van der Waals surface area (Å²) in [5.74, 6) is 4.16. The van der Waals surface area contributed by atoms with Crippen LogP contribution in [-0.2, 0) is 0 Å². The number of fused-ring (bicyclic) bond motifs is 3. The standard InChI is InChI=1S/C28H36/c1-18(2)26-9-7-24-14-22(6-10-27(24)26)23-5-8-25(15-23)28(4)16-20-11-19(3)12-21(13-20)17-28/h5-7,9-10,14-15,18-21,26H,8,11-13,16-17H2,1-4H3. The molecule has 3 unspecified atom stereocenters. The van der Waals surface area contributed by atoms with E-state index in [4.69, 9.17) is 0 Å². The van der Waals surface area contributed by atoms with Crippen molar-refractivity contribution in [2.75, 3.05) is 0 Å². The highest BCUT2D eigenvalue weighted by Gasteiger charge is 2.43. The van der Waals surface area contributed by atoms with Crippen LogP contribution < -0.4 is 0 Å². The average molecular weight is 373 g/mol. The summed E-state index contributed by atoms with van der Waals surface area (Å²) in [5.41, 5.74) is 7.98. The van der Waals surface area contributed by atoms with Crippen LogP contribution in [0.3, 0.4) is 0 Å². The summed E-state index contributed by atoms with van der Waals surface area (Å²) in [5, 5.41) is 0. The molecule has 0 heteroatoms. The molecule has 0 amide bonds. The van der Waals surface area contributed by atoms with Crippen LogP contribution >= 0.6 is 0 Å². The normalized spacial score (nSPS) is 36.5. The Balaban J connectivity index is 1.37. The van der Waals surface area contributed by atoms with Crippen LogP contribution in [0.4, 0.5) is 0 Å². The van der Waals surface area contributed by atoms with Gasteiger partial charge in [0.25, 0.3) is 0 Å². The minimum atomic E-state index is 0.436. The van der Waals surface area contributed by atoms with E-state index in [2.05, 4.69) is 70.2 Å². The van der Waals surface area contributed by atoms with Crippen molar-refractivity contribution in [3.63, 3.8) is 0 Å². The molecule has 2 saturated carbocycles. The monoisotopic (exact) mass is 372 g/mol. The van der Waals surface area contributed by atoms with E-state index in [0.717, 1.165) is 17.8 Å². The first kappa shape index (κ1) is 18.5. The van der Waals surface area contributed by atoms with Gasteiger partial charge in [-0.25, -0.2) is 0 Å². The van der Waals surface area contributed by atoms with E-state index in [1.165, 1.54) is 60.8 Å². The summed E-state index contributed by atoms with van der Waals surface area (Å²) in [4.78, 5) is 0. The maximum atomic E-state index is 2.57. The zero-order valence-corrected chi connectivity index (χ0v) is 18.2. The minimum Gasteiger partial charge on any atom is -0.0761 e. The Morgan fingerprint density at radius 1 is 1.04 bits per heavy atom. The van der Waals surface area contributed by atoms with E-state index in [-0.39, 0.29) is 0 Å². The molecule has 2 bridgehead atoms. The third kappa shape index (κ3) is 3.14. The Hall–Kier alpha value is -1.56. The quantitative estimate of drug-likeness (QED) is 0.504. The summed E-state index contributed by atoms with van der Waals surface area (Å²) in [7, 11) is 0. The average Bonchev–Trinajstić information content (AvgIpc) is 3.27. The lowest BCUT2D eigenvalue weighted by Crippen LogP contribution is -2.37. The Morgan fingerprint density at radius 3 is 2.50 bits per heavy atom. The van der Waals surface area contributed by atoms with Crippen LogP contribution in [0.25, 0.3) is 11.6 Å². The van der Waals surface area contributed by atoms with E-state index in [1.54, 1.807) is 5.57 Å². The SMILES string of the molecule is CC1CC2CC(C1)CC(C)(C1=CC(c3ccc4c(c3)C=CC4C(C)C)=CC1)C2. The molecule has 148 valence electrons. The van der Waals surface area contributed by atoms with Crippen molar-refractivity contribution in [3.05, 3.63) is 58.7 Å². The van der Waals surface area contributed by atoms with Crippen LogP contribution in [0.5, 0.6) is 0 Å². The summed E-state index contributed by atoms with van der Waals surface area (Å²) < 4.78 is 0. The summed E-state index contributed by atoms with van der Waals surface area (Å²) >= 11 is 0. The second-order valence-electron chi connectivity index (χ2n) is 11.0. The maximum absolute atomic E-state index is 2.57. The molecule has 0 aliphatic heterocycles. The zero-order valence-electron chi connectivity index (χ0n) is 18.2. The summed E-state index contributed by atoms with van der Waals surface area (Å²) in [6, 6.07) is 7.18. The van der Waals surface area contributed by atoms with Gasteiger partial charge >= 0.3 is 0 Å². The van der Waals surface area contributed by atoms with Gasteiger partial charge in [-0.3, -0.25) is 0 Å². The van der Waals surface area contributed by atoms with Gasteiger partial charge in [0.2, 0.25) is 0 Å². The van der Waals surface area contributed by atoms with Crippen molar-refractivity contribution < 1.29 is 0 Å². The molecule has 1 aromatic carbocycles. The van der Waals surface area contributed by atoms with E-state index >= 15 is 0 Å². The van der Waals surface area contributed by atoms with Crippen molar-refractivity contribution in [3.8, 4) is 0 Å². The zero-order chi connectivity index (χ0) is 19.5. The fourth-order valence-corrected chi connectivity index (χ4v) is 7.09. The smallest absolute Gasteiger partial charge is 0.00502 e. The second-order valence-corrected chi connectivity index (χ2v) is 11.0. The molecule has 4 aliphatic carbocycles. The molecule has 0 aromatic heterocycles. The molecular weight excluding hydrogens is 336 g/mol. The van der Waals surface area contributed by atoms with Crippen LogP contribution in [0.1, 0.15) is 88.8 Å². The van der Waals surface area contributed by atoms with Gasteiger partial charge in [0.1, 0.15) is 0 Å². The van der Waals surface area contributed by atoms with E-state index in [0.29, 0.717) is 17.3 Å². The highest BCUT2D eigenvalue weighted by atomic mass is 14.5. The number of hydrogen-bond acceptors (Lipinski definition) is 0. The van der Waals surface area contributed by atoms with Gasteiger partial charge in [-0.05, 0) is 95.9 Å². The molecule has 2 fully saturated rings. The number of allylic oxidation sites excluding steroid dienone is 5. The molecule has 28 heavy (non-hydrogen) atoms. The van der Waals surface area contributed by atoms with E-state index in [1.807, 2.05) is 0 Å². The Bertz CT molecular complexity index is 844. The van der Waals surface area contributed by atoms with Gasteiger partial charge in [0.15, 0.2) is 0 Å². The van der Waals surface area contributed by atoms with Crippen LogP contribution in [0, 0.1) is 29.1 Å². The second kappa shape index (κ2) is 6.75. The molecule has 5 rings (SSSR count). The molecule has 0 radical (unpaired) electrons. The van der Waals surface area contributed by atoms with Gasteiger partial charge in [-0.15, -0.1) is 0 Å². The van der Waals surface area contributed by atoms with E-state index in [9.17, 15) is 0 Å². The van der Waals surface area contributed by atoms with Gasteiger partial charge in [0.05, 0.1) is 0 Å². The van der Waals surface area contributed by atoms with Crippen LogP contribution in [-0.4, -0.2) is 0 Å². The number of rotatable bonds is 3. The molecule has 0 spiro atoms. The third-order valence-electron chi connectivity index (χ3n) is 8.24. The molecule has 4 aliphatic rings. The van der Waals surface area contributed by atoms with Gasteiger partial charge in [-0.2, -0.15) is 0 Å². The molecule has 0 nitrogen and oxygen atoms in total. The lowest BCUT2D eigenvalue weighted by molar-refractivity contribution is 0.0673. The lowest BCUT2D eigenvalue weighted by atomic mass is 9.57. The van der Waals surface area contributed by atoms with Gasteiger partial charge in [-0.1, -0.05) is 69.7 Å². The minimum absolute atomic E-state index is 0.436. The predicted molar refractivity (Wildman–Crippen MR) is 121 cm³/mol. The molecule has 0 saturated heterocycles. The number of benzene rings is 1. The molecule has 0 N–H and O–H groups in total. The first-order valence-corrected chi connectivity index (χ1v) is 11.6. The van der Waals surface area contributed by atoms with E-state index < -0.39 is 0 Å². The Labute approximate surface area is 171 Å². The van der Waals surface area contributed by atoms with Crippen LogP contribution in [0.15, 0.2) is 42.0 Å². The van der Waals surface area contributed by atoms with Gasteiger partial charge < -0.3 is 0 Å². The fraction of sp³-hybridized carbons (Fsp3) is 0.571. The van der Waals surface area contributed by atoms with Crippen molar-refractivity contribution in [2.24, 2.45) is 29.1 Å². The van der Waals surface area contributed by atoms with Crippen molar-refractivity contribution in [2.45, 2.75) is 72.1 Å². The van der Waals surface area contributed by atoms with Gasteiger partial charge in [0, 0.05) is 5.92 Å². The molecular formula is C28H36. The third-order valence-corrected chi connectivity index (χ3v) is 8.24. The summed E-state index contributed by atoms with van der Waals surface area (Å²) in [6.07, 6.45) is 18.2. The van der Waals surface area contributed by atoms with Crippen molar-refractivity contribution in [1.29, 1.82) is 0 Å². The Kier molecular flexibility index (Phi) is 4.45.